The average Bonchev–Trinajstić information content (AvgIpc) is 2.26. The zero-order valence-corrected chi connectivity index (χ0v) is 9.37. The summed E-state index contributed by atoms with van der Waals surface area (Å²) in [5, 5.41) is 13.7. The molecule has 0 atom stereocenters. The van der Waals surface area contributed by atoms with Crippen LogP contribution in [0.25, 0.3) is 0 Å². The zero-order chi connectivity index (χ0) is 12.9. The van der Waals surface area contributed by atoms with Crippen LogP contribution in [0.3, 0.4) is 0 Å². The Kier molecular flexibility index (Phi) is 4.38. The summed E-state index contributed by atoms with van der Waals surface area (Å²) in [7, 11) is 0. The number of alkyl halides is 2. The van der Waals surface area contributed by atoms with Gasteiger partial charge in [0, 0.05) is 12.6 Å². The maximum atomic E-state index is 12.8. The number of rotatable bonds is 6. The number of aliphatic hydroxyl groups is 1. The van der Waals surface area contributed by atoms with Crippen LogP contribution in [-0.4, -0.2) is 40.7 Å². The maximum Gasteiger partial charge on any atom is 0.287 e. The minimum Gasteiger partial charge on any atom is -0.390 e. The summed E-state index contributed by atoms with van der Waals surface area (Å²) in [4.78, 5) is 7.62. The van der Waals surface area contributed by atoms with Gasteiger partial charge in [-0.15, -0.1) is 0 Å². The molecule has 1 rings (SSSR count). The fraction of sp³-hybridized carbons (Fsp3) is 0.556. The van der Waals surface area contributed by atoms with Gasteiger partial charge >= 0.3 is 0 Å². The molecular formula is C9H15F2N5O. The largest absolute Gasteiger partial charge is 0.390 e. The molecule has 0 fully saturated rings. The van der Waals surface area contributed by atoms with E-state index in [0.717, 1.165) is 0 Å². The van der Waals surface area contributed by atoms with E-state index in [1.807, 2.05) is 6.92 Å². The fourth-order valence-electron chi connectivity index (χ4n) is 1.10. The second-order valence-electron chi connectivity index (χ2n) is 3.39. The number of hydrogen-bond acceptors (Lipinski definition) is 6. The summed E-state index contributed by atoms with van der Waals surface area (Å²) in [6.45, 7) is 0.556. The van der Waals surface area contributed by atoms with Crippen molar-refractivity contribution in [1.82, 2.24) is 9.97 Å². The Morgan fingerprint density at radius 1 is 1.35 bits per heavy atom. The van der Waals surface area contributed by atoms with Gasteiger partial charge in [-0.05, 0) is 6.92 Å². The van der Waals surface area contributed by atoms with Crippen LogP contribution in [0.15, 0.2) is 6.07 Å². The molecule has 0 saturated heterocycles. The molecule has 0 saturated carbocycles. The van der Waals surface area contributed by atoms with Gasteiger partial charge in [-0.1, -0.05) is 0 Å². The molecule has 8 heteroatoms. The lowest BCUT2D eigenvalue weighted by Gasteiger charge is -2.15. The first-order chi connectivity index (χ1) is 7.96. The number of aliphatic hydroxyl groups excluding tert-OH is 1. The number of nitrogens with zero attached hydrogens (tertiary/aromatic N) is 2. The maximum absolute atomic E-state index is 12.8. The van der Waals surface area contributed by atoms with Gasteiger partial charge in [0.1, 0.15) is 18.2 Å². The average molecular weight is 247 g/mol. The minimum atomic E-state index is -3.20. The summed E-state index contributed by atoms with van der Waals surface area (Å²) in [6.07, 6.45) is 0. The van der Waals surface area contributed by atoms with Gasteiger partial charge in [0.05, 0.1) is 6.54 Å². The van der Waals surface area contributed by atoms with Crippen molar-refractivity contribution < 1.29 is 13.9 Å². The third-order valence-corrected chi connectivity index (χ3v) is 1.86. The lowest BCUT2D eigenvalue weighted by Crippen LogP contribution is -2.31. The molecule has 1 aromatic rings. The molecule has 0 radical (unpaired) electrons. The summed E-state index contributed by atoms with van der Waals surface area (Å²) in [5.74, 6) is -2.58. The summed E-state index contributed by atoms with van der Waals surface area (Å²) in [5.41, 5.74) is 5.42. The molecular weight excluding hydrogens is 232 g/mol. The summed E-state index contributed by atoms with van der Waals surface area (Å²) in [6, 6.07) is 1.47. The minimum absolute atomic E-state index is 0.0155. The quantitative estimate of drug-likeness (QED) is 0.585. The Bertz CT molecular complexity index is 374. The Balaban J connectivity index is 2.70. The van der Waals surface area contributed by atoms with Crippen molar-refractivity contribution in [2.45, 2.75) is 12.8 Å². The Hall–Kier alpha value is -1.70. The highest BCUT2D eigenvalue weighted by atomic mass is 19.3. The first-order valence-electron chi connectivity index (χ1n) is 5.08. The third kappa shape index (κ3) is 4.35. The topological polar surface area (TPSA) is 96.1 Å². The SMILES string of the molecule is CCNc1cc(NCC(F)(F)CO)nc(N)n1. The number of anilines is 3. The molecule has 0 bridgehead atoms. The van der Waals surface area contributed by atoms with Crippen LogP contribution >= 0.6 is 0 Å². The molecule has 1 aromatic heterocycles. The molecule has 1 heterocycles. The van der Waals surface area contributed by atoms with Crippen LogP contribution in [0.4, 0.5) is 26.4 Å². The fourth-order valence-corrected chi connectivity index (χ4v) is 1.10. The number of nitrogens with one attached hydrogen (secondary N) is 2. The summed E-state index contributed by atoms with van der Waals surface area (Å²) >= 11 is 0. The van der Waals surface area contributed by atoms with E-state index in [4.69, 9.17) is 10.8 Å². The number of halogens is 2. The highest BCUT2D eigenvalue weighted by molar-refractivity contribution is 5.51. The second-order valence-corrected chi connectivity index (χ2v) is 3.39. The molecule has 0 spiro atoms. The number of hydrogen-bond donors (Lipinski definition) is 4. The van der Waals surface area contributed by atoms with E-state index in [0.29, 0.717) is 12.4 Å². The van der Waals surface area contributed by atoms with Crippen molar-refractivity contribution in [3.05, 3.63) is 6.07 Å². The molecule has 17 heavy (non-hydrogen) atoms. The van der Waals surface area contributed by atoms with Crippen LogP contribution < -0.4 is 16.4 Å². The molecule has 96 valence electrons. The first-order valence-corrected chi connectivity index (χ1v) is 5.08. The zero-order valence-electron chi connectivity index (χ0n) is 9.37. The van der Waals surface area contributed by atoms with Crippen LogP contribution in [-0.2, 0) is 0 Å². The molecule has 0 unspecified atom stereocenters. The van der Waals surface area contributed by atoms with Gasteiger partial charge in [0.15, 0.2) is 0 Å². The predicted octanol–water partition coefficient (Wildman–Crippen LogP) is 0.530. The highest BCUT2D eigenvalue weighted by Gasteiger charge is 2.27. The first kappa shape index (κ1) is 13.4. The van der Waals surface area contributed by atoms with Crippen LogP contribution in [0.2, 0.25) is 0 Å². The standard InChI is InChI=1S/C9H15F2N5O/c1-2-13-6-3-7(16-8(12)15-6)14-4-9(10,11)5-17/h3,17H,2,4-5H2,1H3,(H4,12,13,14,15,16). The van der Waals surface area contributed by atoms with E-state index in [2.05, 4.69) is 20.6 Å². The second kappa shape index (κ2) is 5.58. The summed E-state index contributed by atoms with van der Waals surface area (Å²) < 4.78 is 25.6. The number of nitrogens with two attached hydrogens (primary N) is 1. The molecule has 0 amide bonds. The van der Waals surface area contributed by atoms with Crippen molar-refractivity contribution in [3.8, 4) is 0 Å². The molecule has 0 aliphatic heterocycles. The van der Waals surface area contributed by atoms with Gasteiger partial charge in [0.25, 0.3) is 5.92 Å². The van der Waals surface area contributed by atoms with Gasteiger partial charge in [-0.2, -0.15) is 9.97 Å². The normalized spacial score (nSPS) is 11.3. The van der Waals surface area contributed by atoms with E-state index in [9.17, 15) is 8.78 Å². The van der Waals surface area contributed by atoms with Crippen molar-refractivity contribution in [1.29, 1.82) is 0 Å². The molecule has 6 nitrogen and oxygen atoms in total. The van der Waals surface area contributed by atoms with Crippen molar-refractivity contribution >= 4 is 17.6 Å². The molecule has 0 aromatic carbocycles. The lowest BCUT2D eigenvalue weighted by molar-refractivity contribution is -0.0373. The van der Waals surface area contributed by atoms with Crippen molar-refractivity contribution in [2.75, 3.05) is 36.1 Å². The van der Waals surface area contributed by atoms with Crippen LogP contribution in [0, 0.1) is 0 Å². The Labute approximate surface area is 97.3 Å². The van der Waals surface area contributed by atoms with Crippen molar-refractivity contribution in [3.63, 3.8) is 0 Å². The smallest absolute Gasteiger partial charge is 0.287 e. The number of aromatic nitrogens is 2. The molecule has 0 aliphatic rings. The Morgan fingerprint density at radius 3 is 2.47 bits per heavy atom. The van der Waals surface area contributed by atoms with E-state index in [-0.39, 0.29) is 11.8 Å². The van der Waals surface area contributed by atoms with Gasteiger partial charge in [-0.25, -0.2) is 8.78 Å². The van der Waals surface area contributed by atoms with E-state index in [1.165, 1.54) is 6.07 Å². The lowest BCUT2D eigenvalue weighted by atomic mass is 10.3. The highest BCUT2D eigenvalue weighted by Crippen LogP contribution is 2.16. The van der Waals surface area contributed by atoms with E-state index < -0.39 is 19.1 Å². The van der Waals surface area contributed by atoms with Gasteiger partial charge in [0.2, 0.25) is 5.95 Å². The predicted molar refractivity (Wildman–Crippen MR) is 61.1 cm³/mol. The molecule has 0 aliphatic carbocycles. The van der Waals surface area contributed by atoms with Crippen LogP contribution in [0.1, 0.15) is 6.92 Å². The van der Waals surface area contributed by atoms with E-state index in [1.54, 1.807) is 0 Å². The molecule has 5 N–H and O–H groups in total. The van der Waals surface area contributed by atoms with Gasteiger partial charge < -0.3 is 21.5 Å². The van der Waals surface area contributed by atoms with Crippen molar-refractivity contribution in [2.24, 2.45) is 0 Å². The van der Waals surface area contributed by atoms with Gasteiger partial charge in [-0.3, -0.25) is 0 Å². The monoisotopic (exact) mass is 247 g/mol. The Morgan fingerprint density at radius 2 is 1.94 bits per heavy atom. The van der Waals surface area contributed by atoms with Crippen LogP contribution in [0.5, 0.6) is 0 Å². The number of nitrogen functional groups attached to an aromatic ring is 1. The third-order valence-electron chi connectivity index (χ3n) is 1.86. The van der Waals surface area contributed by atoms with E-state index >= 15 is 0 Å².